The molecule has 0 aliphatic heterocycles. The first-order chi connectivity index (χ1) is 6.74. The molecule has 5 heteroatoms. The zero-order chi connectivity index (χ0) is 10.6. The first-order valence-electron chi connectivity index (χ1n) is 4.16. The van der Waals surface area contributed by atoms with Crippen LogP contribution < -0.4 is 4.57 Å². The van der Waals surface area contributed by atoms with Crippen LogP contribution in [-0.2, 0) is 13.6 Å². The lowest BCUT2D eigenvalue weighted by Gasteiger charge is -1.94. The van der Waals surface area contributed by atoms with Gasteiger partial charge in [-0.15, -0.1) is 0 Å². The molecule has 1 heterocycles. The van der Waals surface area contributed by atoms with Gasteiger partial charge in [0.05, 0.1) is 7.05 Å². The van der Waals surface area contributed by atoms with E-state index in [0.29, 0.717) is 0 Å². The number of imidazole rings is 1. The topological polar surface area (TPSA) is 41.4 Å². The highest BCUT2D eigenvalue weighted by molar-refractivity contribution is 7.98. The fourth-order valence-corrected chi connectivity index (χ4v) is 2.05. The molecule has 0 amide bonds. The molecule has 0 fully saturated rings. The number of allylic oxidation sites excluding steroid dienone is 1. The summed E-state index contributed by atoms with van der Waals surface area (Å²) in [7, 11) is 1.93. The Morgan fingerprint density at radius 3 is 3.00 bits per heavy atom. The van der Waals surface area contributed by atoms with Crippen LogP contribution in [0.5, 0.6) is 0 Å². The lowest BCUT2D eigenvalue weighted by atomic mass is 10.5. The Bertz CT molecular complexity index is 357. The van der Waals surface area contributed by atoms with Crippen molar-refractivity contribution in [2.75, 3.05) is 6.26 Å². The summed E-state index contributed by atoms with van der Waals surface area (Å²) < 4.78 is 4.02. The van der Waals surface area contributed by atoms with Crippen LogP contribution >= 0.6 is 11.8 Å². The van der Waals surface area contributed by atoms with Crippen LogP contribution in [0, 0.1) is 0 Å². The molecule has 0 spiro atoms. The number of nitrogens with zero attached hydrogens (tertiary/aromatic N) is 3. The molecule has 1 rings (SSSR count). The van der Waals surface area contributed by atoms with Gasteiger partial charge in [-0.1, -0.05) is 17.8 Å². The highest BCUT2D eigenvalue weighted by Gasteiger charge is 2.17. The molecule has 0 aliphatic carbocycles. The van der Waals surface area contributed by atoms with Crippen molar-refractivity contribution in [1.82, 2.24) is 4.57 Å². The maximum Gasteiger partial charge on any atom is 0.318 e. The zero-order valence-corrected chi connectivity index (χ0v) is 9.16. The van der Waals surface area contributed by atoms with E-state index >= 15 is 0 Å². The van der Waals surface area contributed by atoms with Crippen LogP contribution in [0.15, 0.2) is 29.2 Å². The average molecular weight is 212 g/mol. The summed E-state index contributed by atoms with van der Waals surface area (Å²) in [5.41, 5.74) is 0.860. The van der Waals surface area contributed by atoms with Crippen molar-refractivity contribution < 1.29 is 9.77 Å². The molecule has 14 heavy (non-hydrogen) atoms. The van der Waals surface area contributed by atoms with Gasteiger partial charge in [-0.05, 0) is 18.0 Å². The minimum atomic E-state index is 0.753. The molecule has 0 atom stereocenters. The van der Waals surface area contributed by atoms with Crippen LogP contribution in [0.3, 0.4) is 0 Å². The largest absolute Gasteiger partial charge is 0.411 e. The second-order valence-corrected chi connectivity index (χ2v) is 3.56. The summed E-state index contributed by atoms with van der Waals surface area (Å²) in [4.78, 5) is 0. The van der Waals surface area contributed by atoms with Gasteiger partial charge < -0.3 is 5.21 Å². The Hall–Kier alpha value is -1.23. The van der Waals surface area contributed by atoms with Crippen molar-refractivity contribution in [2.24, 2.45) is 12.2 Å². The lowest BCUT2D eigenvalue weighted by molar-refractivity contribution is -0.723. The molecule has 0 unspecified atom stereocenters. The van der Waals surface area contributed by atoms with E-state index in [0.717, 1.165) is 17.4 Å². The van der Waals surface area contributed by atoms with Gasteiger partial charge in [0.25, 0.3) is 0 Å². The van der Waals surface area contributed by atoms with Gasteiger partial charge in [-0.25, -0.2) is 9.13 Å². The first kappa shape index (κ1) is 10.8. The van der Waals surface area contributed by atoms with E-state index in [9.17, 15) is 0 Å². The summed E-state index contributed by atoms with van der Waals surface area (Å²) in [6.45, 7) is 4.45. The zero-order valence-electron chi connectivity index (χ0n) is 8.34. The SMILES string of the molecule is C=CC[n+]1cc(/C=N/O)n(C)c1SC. The van der Waals surface area contributed by atoms with Gasteiger partial charge in [0.2, 0.25) is 0 Å². The molecular formula is C9H14N3OS+. The van der Waals surface area contributed by atoms with Crippen molar-refractivity contribution in [3.8, 4) is 0 Å². The Kier molecular flexibility index (Phi) is 3.76. The van der Waals surface area contributed by atoms with E-state index in [1.165, 1.54) is 6.21 Å². The smallest absolute Gasteiger partial charge is 0.318 e. The molecule has 0 bridgehead atoms. The third-order valence-electron chi connectivity index (χ3n) is 1.91. The Balaban J connectivity index is 3.16. The summed E-state index contributed by atoms with van der Waals surface area (Å²) >= 11 is 1.64. The van der Waals surface area contributed by atoms with E-state index in [-0.39, 0.29) is 0 Å². The highest BCUT2D eigenvalue weighted by Crippen LogP contribution is 2.11. The maximum absolute atomic E-state index is 8.47. The molecule has 76 valence electrons. The third-order valence-corrected chi connectivity index (χ3v) is 2.78. The second-order valence-electron chi connectivity index (χ2n) is 2.79. The van der Waals surface area contributed by atoms with Gasteiger partial charge in [-0.3, -0.25) is 0 Å². The Morgan fingerprint density at radius 2 is 2.50 bits per heavy atom. The van der Waals surface area contributed by atoms with Crippen LogP contribution in [0.4, 0.5) is 0 Å². The molecule has 0 aromatic carbocycles. The van der Waals surface area contributed by atoms with Gasteiger partial charge in [0.1, 0.15) is 19.0 Å². The molecule has 0 radical (unpaired) electrons. The lowest BCUT2D eigenvalue weighted by Crippen LogP contribution is -2.33. The maximum atomic E-state index is 8.47. The molecule has 0 saturated heterocycles. The summed E-state index contributed by atoms with van der Waals surface area (Å²) in [6, 6.07) is 0. The van der Waals surface area contributed by atoms with Crippen molar-refractivity contribution in [2.45, 2.75) is 11.7 Å². The third kappa shape index (κ3) is 1.98. The highest BCUT2D eigenvalue weighted by atomic mass is 32.2. The molecule has 1 aromatic rings. The summed E-state index contributed by atoms with van der Waals surface area (Å²) in [6.07, 6.45) is 7.18. The number of oxime groups is 1. The molecule has 1 N–H and O–H groups in total. The van der Waals surface area contributed by atoms with Crippen LogP contribution in [0.25, 0.3) is 0 Å². The van der Waals surface area contributed by atoms with E-state index in [2.05, 4.69) is 16.3 Å². The Morgan fingerprint density at radius 1 is 1.79 bits per heavy atom. The van der Waals surface area contributed by atoms with Gasteiger partial charge in [0.15, 0.2) is 5.69 Å². The molecular weight excluding hydrogens is 198 g/mol. The summed E-state index contributed by atoms with van der Waals surface area (Å²) in [5.74, 6) is 0. The average Bonchev–Trinajstić information content (AvgIpc) is 2.45. The van der Waals surface area contributed by atoms with E-state index in [4.69, 9.17) is 5.21 Å². The fraction of sp³-hybridized carbons (Fsp3) is 0.333. The predicted octanol–water partition coefficient (Wildman–Crippen LogP) is 1.03. The minimum absolute atomic E-state index is 0.753. The molecule has 0 aliphatic rings. The van der Waals surface area contributed by atoms with Crippen LogP contribution in [0.2, 0.25) is 0 Å². The normalized spacial score (nSPS) is 11.0. The monoisotopic (exact) mass is 212 g/mol. The van der Waals surface area contributed by atoms with Crippen LogP contribution in [-0.4, -0.2) is 22.2 Å². The summed E-state index contributed by atoms with van der Waals surface area (Å²) in [5, 5.41) is 12.6. The second kappa shape index (κ2) is 4.85. The number of hydrogen-bond donors (Lipinski definition) is 1. The Labute approximate surface area is 87.5 Å². The van der Waals surface area contributed by atoms with Crippen LogP contribution in [0.1, 0.15) is 5.69 Å². The van der Waals surface area contributed by atoms with E-state index < -0.39 is 0 Å². The number of thioether (sulfide) groups is 1. The van der Waals surface area contributed by atoms with Crippen molar-refractivity contribution >= 4 is 18.0 Å². The molecule has 4 nitrogen and oxygen atoms in total. The van der Waals surface area contributed by atoms with E-state index in [1.807, 2.05) is 30.1 Å². The van der Waals surface area contributed by atoms with Gasteiger partial charge in [-0.2, -0.15) is 0 Å². The molecule has 0 saturated carbocycles. The molecule has 1 aromatic heterocycles. The van der Waals surface area contributed by atoms with Crippen molar-refractivity contribution in [3.63, 3.8) is 0 Å². The number of hydrogen-bond acceptors (Lipinski definition) is 3. The predicted molar refractivity (Wildman–Crippen MR) is 57.0 cm³/mol. The standard InChI is InChI=1S/C9H13N3OS/c1-4-5-12-7-8(6-10-13)11(2)9(12)14-3/h4,6-7H,1,5H2,2-3H3/p+1/b10-6+. The number of aromatic nitrogens is 2. The first-order valence-corrected chi connectivity index (χ1v) is 5.38. The van der Waals surface area contributed by atoms with Crippen molar-refractivity contribution in [1.29, 1.82) is 0 Å². The minimum Gasteiger partial charge on any atom is -0.411 e. The van der Waals surface area contributed by atoms with Crippen molar-refractivity contribution in [3.05, 3.63) is 24.5 Å². The van der Waals surface area contributed by atoms with Gasteiger partial charge in [0, 0.05) is 0 Å². The fourth-order valence-electron chi connectivity index (χ4n) is 1.31. The number of rotatable bonds is 4. The van der Waals surface area contributed by atoms with E-state index in [1.54, 1.807) is 11.8 Å². The van der Waals surface area contributed by atoms with Gasteiger partial charge >= 0.3 is 5.16 Å². The quantitative estimate of drug-likeness (QED) is 0.202.